The van der Waals surface area contributed by atoms with Crippen molar-refractivity contribution in [2.45, 2.75) is 19.8 Å². The average Bonchev–Trinajstić information content (AvgIpc) is 2.46. The van der Waals surface area contributed by atoms with E-state index in [1.54, 1.807) is 12.3 Å². The van der Waals surface area contributed by atoms with Crippen LogP contribution in [0.4, 0.5) is 5.95 Å². The molecule has 1 aromatic heterocycles. The van der Waals surface area contributed by atoms with Crippen molar-refractivity contribution >= 4 is 23.2 Å². The lowest BCUT2D eigenvalue weighted by Crippen LogP contribution is -2.35. The normalized spacial score (nSPS) is 17.3. The molecule has 5 nitrogen and oxygen atoms in total. The second-order valence-corrected chi connectivity index (χ2v) is 5.33. The monoisotopic (exact) mass is 279 g/mol. The zero-order chi connectivity index (χ0) is 13.7. The Morgan fingerprint density at radius 1 is 1.53 bits per heavy atom. The van der Waals surface area contributed by atoms with E-state index in [1.165, 1.54) is 25.9 Å². The van der Waals surface area contributed by atoms with Crippen LogP contribution in [0, 0.1) is 5.92 Å². The molecule has 1 saturated heterocycles. The maximum Gasteiger partial charge on any atom is 0.223 e. The molecule has 2 heterocycles. The fourth-order valence-electron chi connectivity index (χ4n) is 2.32. The van der Waals surface area contributed by atoms with Crippen LogP contribution in [0.2, 0.25) is 0 Å². The summed E-state index contributed by atoms with van der Waals surface area (Å²) in [6, 6.07) is 1.73. The first-order chi connectivity index (χ1) is 9.19. The van der Waals surface area contributed by atoms with Crippen molar-refractivity contribution in [3.05, 3.63) is 18.0 Å². The van der Waals surface area contributed by atoms with Crippen LogP contribution in [0.25, 0.3) is 0 Å². The number of nitrogens with one attached hydrogen (secondary N) is 1. The Bertz CT molecular complexity index is 429. The molecular formula is C13H21N5S. The molecule has 3 N–H and O–H groups in total. The third-order valence-corrected chi connectivity index (χ3v) is 3.82. The fourth-order valence-corrected chi connectivity index (χ4v) is 2.44. The summed E-state index contributed by atoms with van der Waals surface area (Å²) in [5.74, 6) is 1.31. The molecule has 0 radical (unpaired) electrons. The van der Waals surface area contributed by atoms with Gasteiger partial charge in [0.05, 0.1) is 0 Å². The molecule has 1 aliphatic heterocycles. The van der Waals surface area contributed by atoms with Gasteiger partial charge in [-0.1, -0.05) is 19.1 Å². The number of rotatable bonds is 5. The van der Waals surface area contributed by atoms with Crippen LogP contribution in [0.15, 0.2) is 12.3 Å². The number of thiocarbonyl (C=S) groups is 1. The van der Waals surface area contributed by atoms with Crippen LogP contribution in [0.3, 0.4) is 0 Å². The van der Waals surface area contributed by atoms with Gasteiger partial charge < -0.3 is 16.0 Å². The number of anilines is 1. The highest BCUT2D eigenvalue weighted by Gasteiger charge is 2.17. The van der Waals surface area contributed by atoms with Crippen molar-refractivity contribution < 1.29 is 0 Å². The first kappa shape index (κ1) is 14.1. The van der Waals surface area contributed by atoms with E-state index in [0.717, 1.165) is 13.1 Å². The molecule has 0 aliphatic carbocycles. The van der Waals surface area contributed by atoms with Crippen LogP contribution >= 0.6 is 12.2 Å². The van der Waals surface area contributed by atoms with Gasteiger partial charge in [-0.2, -0.15) is 0 Å². The molecule has 0 spiro atoms. The van der Waals surface area contributed by atoms with E-state index in [4.69, 9.17) is 18.0 Å². The lowest BCUT2D eigenvalue weighted by atomic mass is 9.97. The summed E-state index contributed by atoms with van der Waals surface area (Å²) in [5.41, 5.74) is 6.18. The van der Waals surface area contributed by atoms with Gasteiger partial charge in [-0.25, -0.2) is 9.97 Å². The second kappa shape index (κ2) is 6.77. The van der Waals surface area contributed by atoms with E-state index >= 15 is 0 Å². The quantitative estimate of drug-likeness (QED) is 0.791. The molecule has 0 amide bonds. The first-order valence-corrected chi connectivity index (χ1v) is 7.19. The molecule has 1 aromatic rings. The van der Waals surface area contributed by atoms with Crippen LogP contribution in [0.5, 0.6) is 0 Å². The molecule has 1 aliphatic rings. The van der Waals surface area contributed by atoms with Gasteiger partial charge in [0.15, 0.2) is 0 Å². The third kappa shape index (κ3) is 4.11. The molecule has 19 heavy (non-hydrogen) atoms. The summed E-state index contributed by atoms with van der Waals surface area (Å²) < 4.78 is 0. The number of nitrogens with two attached hydrogens (primary N) is 1. The molecule has 0 bridgehead atoms. The smallest absolute Gasteiger partial charge is 0.223 e. The summed E-state index contributed by atoms with van der Waals surface area (Å²) in [4.78, 5) is 11.3. The summed E-state index contributed by atoms with van der Waals surface area (Å²) in [5, 5.41) is 3.29. The SMILES string of the molecule is CCN1CCC(CNc2nccc(C(N)=S)n2)CC1. The lowest BCUT2D eigenvalue weighted by molar-refractivity contribution is 0.198. The van der Waals surface area contributed by atoms with Crippen LogP contribution < -0.4 is 11.1 Å². The zero-order valence-electron chi connectivity index (χ0n) is 11.3. The first-order valence-electron chi connectivity index (χ1n) is 6.78. The molecular weight excluding hydrogens is 258 g/mol. The topological polar surface area (TPSA) is 67.1 Å². The van der Waals surface area contributed by atoms with E-state index < -0.39 is 0 Å². The molecule has 0 aromatic carbocycles. The highest BCUT2D eigenvalue weighted by molar-refractivity contribution is 7.80. The van der Waals surface area contributed by atoms with Gasteiger partial charge >= 0.3 is 0 Å². The zero-order valence-corrected chi connectivity index (χ0v) is 12.1. The number of piperidine rings is 1. The highest BCUT2D eigenvalue weighted by atomic mass is 32.1. The summed E-state index contributed by atoms with van der Waals surface area (Å²) in [6.07, 6.45) is 4.15. The van der Waals surface area contributed by atoms with Crippen molar-refractivity contribution in [1.29, 1.82) is 0 Å². The largest absolute Gasteiger partial charge is 0.388 e. The third-order valence-electron chi connectivity index (χ3n) is 3.61. The molecule has 1 fully saturated rings. The summed E-state index contributed by atoms with van der Waals surface area (Å²) in [6.45, 7) is 6.67. The summed E-state index contributed by atoms with van der Waals surface area (Å²) >= 11 is 4.91. The Morgan fingerprint density at radius 3 is 2.89 bits per heavy atom. The van der Waals surface area contributed by atoms with E-state index in [1.807, 2.05) is 0 Å². The number of hydrogen-bond donors (Lipinski definition) is 2. The number of likely N-dealkylation sites (tertiary alicyclic amines) is 1. The minimum absolute atomic E-state index is 0.307. The molecule has 104 valence electrons. The van der Waals surface area contributed by atoms with Crippen LogP contribution in [-0.2, 0) is 0 Å². The Hall–Kier alpha value is -1.27. The van der Waals surface area contributed by atoms with Gasteiger partial charge in [0.25, 0.3) is 0 Å². The molecule has 2 rings (SSSR count). The highest BCUT2D eigenvalue weighted by Crippen LogP contribution is 2.17. The van der Waals surface area contributed by atoms with E-state index in [2.05, 4.69) is 27.1 Å². The van der Waals surface area contributed by atoms with Crippen molar-refractivity contribution in [3.63, 3.8) is 0 Å². The molecule has 0 atom stereocenters. The van der Waals surface area contributed by atoms with Gasteiger partial charge in [0.1, 0.15) is 10.7 Å². The lowest BCUT2D eigenvalue weighted by Gasteiger charge is -2.31. The second-order valence-electron chi connectivity index (χ2n) is 4.89. The average molecular weight is 279 g/mol. The minimum Gasteiger partial charge on any atom is -0.388 e. The van der Waals surface area contributed by atoms with Crippen molar-refractivity contribution in [2.75, 3.05) is 31.5 Å². The Balaban J connectivity index is 1.82. The Labute approximate surface area is 119 Å². The Kier molecular flexibility index (Phi) is 5.04. The van der Waals surface area contributed by atoms with Crippen molar-refractivity contribution in [3.8, 4) is 0 Å². The van der Waals surface area contributed by atoms with Crippen LogP contribution in [-0.4, -0.2) is 46.0 Å². The Morgan fingerprint density at radius 2 is 2.26 bits per heavy atom. The standard InChI is InChI=1S/C13H21N5S/c1-2-18-7-4-10(5-8-18)9-16-13-15-6-3-11(17-13)12(14)19/h3,6,10H,2,4-5,7-9H2,1H3,(H2,14,19)(H,15,16,17). The van der Waals surface area contributed by atoms with E-state index in [-0.39, 0.29) is 0 Å². The van der Waals surface area contributed by atoms with Gasteiger partial charge in [-0.15, -0.1) is 0 Å². The fraction of sp³-hybridized carbons (Fsp3) is 0.615. The van der Waals surface area contributed by atoms with Crippen molar-refractivity contribution in [2.24, 2.45) is 11.7 Å². The minimum atomic E-state index is 0.307. The maximum atomic E-state index is 5.56. The molecule has 0 unspecified atom stereocenters. The number of hydrogen-bond acceptors (Lipinski definition) is 5. The van der Waals surface area contributed by atoms with E-state index in [0.29, 0.717) is 22.5 Å². The molecule has 6 heteroatoms. The van der Waals surface area contributed by atoms with Gasteiger partial charge in [-0.3, -0.25) is 0 Å². The van der Waals surface area contributed by atoms with E-state index in [9.17, 15) is 0 Å². The van der Waals surface area contributed by atoms with Gasteiger partial charge in [0, 0.05) is 12.7 Å². The summed E-state index contributed by atoms with van der Waals surface area (Å²) in [7, 11) is 0. The number of nitrogens with zero attached hydrogens (tertiary/aromatic N) is 3. The maximum absolute atomic E-state index is 5.56. The van der Waals surface area contributed by atoms with Crippen LogP contribution in [0.1, 0.15) is 25.5 Å². The van der Waals surface area contributed by atoms with Crippen molar-refractivity contribution in [1.82, 2.24) is 14.9 Å². The molecule has 0 saturated carbocycles. The predicted molar refractivity (Wildman–Crippen MR) is 81.2 cm³/mol. The predicted octanol–water partition coefficient (Wildman–Crippen LogP) is 1.25. The van der Waals surface area contributed by atoms with Gasteiger partial charge in [-0.05, 0) is 44.5 Å². The number of aromatic nitrogens is 2. The van der Waals surface area contributed by atoms with Gasteiger partial charge in [0.2, 0.25) is 5.95 Å².